The van der Waals surface area contributed by atoms with Crippen LogP contribution < -0.4 is 10.1 Å². The van der Waals surface area contributed by atoms with Crippen molar-refractivity contribution >= 4 is 22.5 Å². The van der Waals surface area contributed by atoms with Gasteiger partial charge in [0.2, 0.25) is 5.91 Å². The van der Waals surface area contributed by atoms with Crippen molar-refractivity contribution in [2.75, 3.05) is 12.4 Å². The van der Waals surface area contributed by atoms with Gasteiger partial charge in [0.1, 0.15) is 0 Å². The zero-order chi connectivity index (χ0) is 16.2. The number of H-pyrrole nitrogens is 1. The van der Waals surface area contributed by atoms with Crippen molar-refractivity contribution in [1.82, 2.24) is 10.2 Å². The van der Waals surface area contributed by atoms with E-state index in [0.29, 0.717) is 12.1 Å². The third-order valence-corrected chi connectivity index (χ3v) is 3.58. The molecule has 1 aromatic heterocycles. The number of fused-ring (bicyclic) bond motifs is 1. The van der Waals surface area contributed by atoms with Gasteiger partial charge in [0.05, 0.1) is 18.8 Å². The van der Waals surface area contributed by atoms with Crippen molar-refractivity contribution < 1.29 is 13.9 Å². The van der Waals surface area contributed by atoms with Gasteiger partial charge in [-0.3, -0.25) is 9.89 Å². The highest BCUT2D eigenvalue weighted by molar-refractivity contribution is 5.93. The minimum absolute atomic E-state index is 0.121. The molecular formula is C17H16FN3O2. The van der Waals surface area contributed by atoms with E-state index in [-0.39, 0.29) is 18.1 Å². The highest BCUT2D eigenvalue weighted by atomic mass is 19.1. The Labute approximate surface area is 132 Å². The topological polar surface area (TPSA) is 67.0 Å². The summed E-state index contributed by atoms with van der Waals surface area (Å²) in [5.74, 6) is -0.341. The molecule has 0 atom stereocenters. The monoisotopic (exact) mass is 313 g/mol. The molecule has 2 aromatic carbocycles. The second-order valence-electron chi connectivity index (χ2n) is 5.19. The number of halogens is 1. The first-order chi connectivity index (χ1) is 11.2. The maximum absolute atomic E-state index is 13.6. The van der Waals surface area contributed by atoms with E-state index < -0.39 is 5.82 Å². The van der Waals surface area contributed by atoms with Gasteiger partial charge in [-0.1, -0.05) is 6.07 Å². The van der Waals surface area contributed by atoms with Gasteiger partial charge >= 0.3 is 0 Å². The molecule has 0 fully saturated rings. The second-order valence-corrected chi connectivity index (χ2v) is 5.19. The Morgan fingerprint density at radius 2 is 2.17 bits per heavy atom. The Balaban J connectivity index is 1.59. The van der Waals surface area contributed by atoms with Gasteiger partial charge in [0, 0.05) is 17.5 Å². The molecule has 5 nitrogen and oxygen atoms in total. The van der Waals surface area contributed by atoms with Crippen LogP contribution in [-0.4, -0.2) is 23.2 Å². The molecular weight excluding hydrogens is 297 g/mol. The quantitative estimate of drug-likeness (QED) is 0.759. The van der Waals surface area contributed by atoms with E-state index in [0.717, 1.165) is 16.5 Å². The molecule has 0 saturated heterocycles. The molecule has 0 unspecified atom stereocenters. The minimum Gasteiger partial charge on any atom is -0.494 e. The molecule has 6 heteroatoms. The van der Waals surface area contributed by atoms with Crippen molar-refractivity contribution in [3.63, 3.8) is 0 Å². The summed E-state index contributed by atoms with van der Waals surface area (Å²) < 4.78 is 18.5. The Kier molecular flexibility index (Phi) is 4.23. The summed E-state index contributed by atoms with van der Waals surface area (Å²) in [6, 6.07) is 10.2. The Bertz CT molecular complexity index is 845. The van der Waals surface area contributed by atoms with Crippen LogP contribution in [0.2, 0.25) is 0 Å². The van der Waals surface area contributed by atoms with Crippen LogP contribution in [0.15, 0.2) is 42.6 Å². The number of methoxy groups -OCH3 is 1. The molecule has 23 heavy (non-hydrogen) atoms. The van der Waals surface area contributed by atoms with Crippen LogP contribution in [0.3, 0.4) is 0 Å². The first-order valence-electron chi connectivity index (χ1n) is 7.21. The number of hydrogen-bond acceptors (Lipinski definition) is 3. The van der Waals surface area contributed by atoms with Crippen molar-refractivity contribution in [3.8, 4) is 5.75 Å². The maximum atomic E-state index is 13.6. The van der Waals surface area contributed by atoms with E-state index in [2.05, 4.69) is 15.5 Å². The van der Waals surface area contributed by atoms with E-state index in [1.54, 1.807) is 18.3 Å². The number of carbonyl (C=O) groups is 1. The highest BCUT2D eigenvalue weighted by Gasteiger charge is 2.07. The van der Waals surface area contributed by atoms with Crippen LogP contribution in [0.25, 0.3) is 10.9 Å². The second kappa shape index (κ2) is 6.48. The summed E-state index contributed by atoms with van der Waals surface area (Å²) in [4.78, 5) is 12.0. The normalized spacial score (nSPS) is 10.7. The molecule has 0 bridgehead atoms. The molecule has 0 radical (unpaired) electrons. The largest absolute Gasteiger partial charge is 0.494 e. The van der Waals surface area contributed by atoms with Crippen LogP contribution in [-0.2, 0) is 11.2 Å². The van der Waals surface area contributed by atoms with Crippen molar-refractivity contribution in [3.05, 3.63) is 54.0 Å². The van der Waals surface area contributed by atoms with Crippen LogP contribution in [0.5, 0.6) is 5.75 Å². The maximum Gasteiger partial charge on any atom is 0.224 e. The summed E-state index contributed by atoms with van der Waals surface area (Å²) in [7, 11) is 1.42. The number of anilines is 1. The van der Waals surface area contributed by atoms with Gasteiger partial charge < -0.3 is 10.1 Å². The lowest BCUT2D eigenvalue weighted by molar-refractivity contribution is -0.116. The first kappa shape index (κ1) is 15.0. The number of nitrogens with one attached hydrogen (secondary N) is 2. The fourth-order valence-electron chi connectivity index (χ4n) is 2.37. The Hall–Kier alpha value is -2.89. The molecule has 0 aliphatic carbocycles. The predicted molar refractivity (Wildman–Crippen MR) is 86.0 cm³/mol. The molecule has 0 spiro atoms. The third kappa shape index (κ3) is 3.48. The number of hydrogen-bond donors (Lipinski definition) is 2. The number of aromatic amines is 1. The molecule has 0 aliphatic rings. The number of ether oxygens (including phenoxy) is 1. The molecule has 3 aromatic rings. The SMILES string of the molecule is COc1ccc(CCC(=O)Nc2ccc3[nH]ncc3c2)cc1F. The average Bonchev–Trinajstić information content (AvgIpc) is 3.01. The van der Waals surface area contributed by atoms with E-state index >= 15 is 0 Å². The van der Waals surface area contributed by atoms with Crippen molar-refractivity contribution in [2.24, 2.45) is 0 Å². The molecule has 1 heterocycles. The fraction of sp³-hybridized carbons (Fsp3) is 0.176. The van der Waals surface area contributed by atoms with Crippen LogP contribution in [0.4, 0.5) is 10.1 Å². The van der Waals surface area contributed by atoms with E-state index in [4.69, 9.17) is 4.74 Å². The third-order valence-electron chi connectivity index (χ3n) is 3.58. The number of rotatable bonds is 5. The number of nitrogens with zero attached hydrogens (tertiary/aromatic N) is 1. The number of aromatic nitrogens is 2. The van der Waals surface area contributed by atoms with Gasteiger partial charge in [-0.2, -0.15) is 5.10 Å². The van der Waals surface area contributed by atoms with Crippen molar-refractivity contribution in [1.29, 1.82) is 0 Å². The summed E-state index contributed by atoms with van der Waals surface area (Å²) in [6.07, 6.45) is 2.43. The summed E-state index contributed by atoms with van der Waals surface area (Å²) in [5.41, 5.74) is 2.38. The number of benzene rings is 2. The molecule has 0 saturated carbocycles. The zero-order valence-corrected chi connectivity index (χ0v) is 12.6. The van der Waals surface area contributed by atoms with Gasteiger partial charge in [-0.25, -0.2) is 4.39 Å². The van der Waals surface area contributed by atoms with Crippen LogP contribution in [0.1, 0.15) is 12.0 Å². The lowest BCUT2D eigenvalue weighted by Crippen LogP contribution is -2.12. The number of aryl methyl sites for hydroxylation is 1. The predicted octanol–water partition coefficient (Wildman–Crippen LogP) is 3.28. The standard InChI is InChI=1S/C17H16FN3O2/c1-23-16-6-2-11(8-14(16)18)3-7-17(22)20-13-4-5-15-12(9-13)10-19-21-15/h2,4-6,8-10H,3,7H2,1H3,(H,19,21)(H,20,22). The lowest BCUT2D eigenvalue weighted by Gasteiger charge is -2.07. The summed E-state index contributed by atoms with van der Waals surface area (Å²) >= 11 is 0. The van der Waals surface area contributed by atoms with Gasteiger partial charge in [0.15, 0.2) is 11.6 Å². The highest BCUT2D eigenvalue weighted by Crippen LogP contribution is 2.19. The Morgan fingerprint density at radius 1 is 1.30 bits per heavy atom. The lowest BCUT2D eigenvalue weighted by atomic mass is 10.1. The average molecular weight is 313 g/mol. The molecule has 2 N–H and O–H groups in total. The van der Waals surface area contributed by atoms with Crippen LogP contribution in [0, 0.1) is 5.82 Å². The molecule has 0 aliphatic heterocycles. The van der Waals surface area contributed by atoms with Crippen LogP contribution >= 0.6 is 0 Å². The van der Waals surface area contributed by atoms with E-state index in [1.807, 2.05) is 18.2 Å². The summed E-state index contributed by atoms with van der Waals surface area (Å²) in [6.45, 7) is 0. The molecule has 118 valence electrons. The van der Waals surface area contributed by atoms with E-state index in [9.17, 15) is 9.18 Å². The number of amides is 1. The number of carbonyl (C=O) groups excluding carboxylic acids is 1. The first-order valence-corrected chi connectivity index (χ1v) is 7.21. The zero-order valence-electron chi connectivity index (χ0n) is 12.6. The van der Waals surface area contributed by atoms with Gasteiger partial charge in [-0.15, -0.1) is 0 Å². The minimum atomic E-state index is -0.421. The smallest absolute Gasteiger partial charge is 0.224 e. The van der Waals surface area contributed by atoms with Crippen molar-refractivity contribution in [2.45, 2.75) is 12.8 Å². The summed E-state index contributed by atoms with van der Waals surface area (Å²) in [5, 5.41) is 10.6. The van der Waals surface area contributed by atoms with Gasteiger partial charge in [-0.05, 0) is 42.3 Å². The Morgan fingerprint density at radius 3 is 2.96 bits per heavy atom. The molecule has 1 amide bonds. The fourth-order valence-corrected chi connectivity index (χ4v) is 2.37. The molecule has 3 rings (SSSR count). The van der Waals surface area contributed by atoms with Gasteiger partial charge in [0.25, 0.3) is 0 Å². The van der Waals surface area contributed by atoms with E-state index in [1.165, 1.54) is 13.2 Å².